The third kappa shape index (κ3) is 3.21. The molecule has 0 saturated heterocycles. The molecule has 0 saturated carbocycles. The van der Waals surface area contributed by atoms with Crippen molar-refractivity contribution in [2.75, 3.05) is 0 Å². The highest BCUT2D eigenvalue weighted by Crippen LogP contribution is 2.16. The van der Waals surface area contributed by atoms with Gasteiger partial charge in [0.15, 0.2) is 5.84 Å². The first kappa shape index (κ1) is 14.9. The Hall–Kier alpha value is -2.11. The molecule has 1 amide bonds. The van der Waals surface area contributed by atoms with E-state index in [1.54, 1.807) is 18.3 Å². The Kier molecular flexibility index (Phi) is 4.86. The number of amidine groups is 1. The Morgan fingerprint density at radius 2 is 2.16 bits per heavy atom. The lowest BCUT2D eigenvalue weighted by molar-refractivity contribution is 0.0917. The molecule has 1 heterocycles. The van der Waals surface area contributed by atoms with Crippen LogP contribution in [0, 0.1) is 6.92 Å². The number of aromatic nitrogens is 1. The van der Waals surface area contributed by atoms with Crippen LogP contribution >= 0.6 is 0 Å². The third-order valence-electron chi connectivity index (χ3n) is 3.32. The lowest BCUT2D eigenvalue weighted by Gasteiger charge is -2.31. The maximum absolute atomic E-state index is 12.2. The summed E-state index contributed by atoms with van der Waals surface area (Å²) in [6.45, 7) is 5.56. The zero-order valence-electron chi connectivity index (χ0n) is 11.5. The molecule has 0 fully saturated rings. The van der Waals surface area contributed by atoms with Crippen LogP contribution in [0.3, 0.4) is 0 Å². The molecule has 1 aromatic heterocycles. The first-order valence-electron chi connectivity index (χ1n) is 6.22. The molecule has 0 aliphatic rings. The summed E-state index contributed by atoms with van der Waals surface area (Å²) in [6.07, 6.45) is 2.65. The average molecular weight is 264 g/mol. The number of carbonyl (C=O) groups is 1. The molecule has 0 bridgehead atoms. The van der Waals surface area contributed by atoms with Crippen LogP contribution in [-0.2, 0) is 0 Å². The second-order valence-corrected chi connectivity index (χ2v) is 4.41. The van der Waals surface area contributed by atoms with Crippen molar-refractivity contribution in [1.82, 2.24) is 10.3 Å². The van der Waals surface area contributed by atoms with E-state index in [1.807, 2.05) is 20.8 Å². The number of nitrogens with one attached hydrogen (secondary N) is 1. The van der Waals surface area contributed by atoms with Gasteiger partial charge in [0.2, 0.25) is 0 Å². The number of nitrogens with zero attached hydrogens (tertiary/aromatic N) is 2. The minimum Gasteiger partial charge on any atom is -0.409 e. The molecule has 0 unspecified atom stereocenters. The van der Waals surface area contributed by atoms with Gasteiger partial charge in [-0.15, -0.1) is 0 Å². The van der Waals surface area contributed by atoms with E-state index in [0.29, 0.717) is 18.4 Å². The zero-order valence-corrected chi connectivity index (χ0v) is 11.5. The van der Waals surface area contributed by atoms with Gasteiger partial charge in [0.25, 0.3) is 5.91 Å². The van der Waals surface area contributed by atoms with Crippen molar-refractivity contribution in [3.63, 3.8) is 0 Å². The van der Waals surface area contributed by atoms with Crippen LogP contribution in [0.1, 0.15) is 42.7 Å². The smallest absolute Gasteiger partial charge is 0.252 e. The maximum atomic E-state index is 12.2. The van der Waals surface area contributed by atoms with Gasteiger partial charge in [-0.05, 0) is 31.9 Å². The van der Waals surface area contributed by atoms with E-state index in [1.165, 1.54) is 0 Å². The Morgan fingerprint density at radius 3 is 2.63 bits per heavy atom. The molecule has 104 valence electrons. The van der Waals surface area contributed by atoms with Crippen molar-refractivity contribution in [1.29, 1.82) is 0 Å². The molecule has 0 spiro atoms. The average Bonchev–Trinajstić information content (AvgIpc) is 2.43. The van der Waals surface area contributed by atoms with E-state index in [2.05, 4.69) is 15.5 Å². The number of aryl methyl sites for hydroxylation is 1. The minimum absolute atomic E-state index is 0.0108. The van der Waals surface area contributed by atoms with Gasteiger partial charge in [0, 0.05) is 17.5 Å². The number of pyridine rings is 1. The Morgan fingerprint density at radius 1 is 1.53 bits per heavy atom. The zero-order chi connectivity index (χ0) is 14.5. The second-order valence-electron chi connectivity index (χ2n) is 4.41. The molecule has 0 aliphatic carbocycles. The number of nitrogens with two attached hydrogens (primary N) is 1. The predicted octanol–water partition coefficient (Wildman–Crippen LogP) is 1.43. The Bertz CT molecular complexity index is 481. The monoisotopic (exact) mass is 264 g/mol. The van der Waals surface area contributed by atoms with Gasteiger partial charge in [-0.3, -0.25) is 9.78 Å². The number of oxime groups is 1. The van der Waals surface area contributed by atoms with Crippen LogP contribution in [0.15, 0.2) is 23.5 Å². The van der Waals surface area contributed by atoms with Crippen LogP contribution < -0.4 is 11.1 Å². The molecule has 1 aromatic rings. The van der Waals surface area contributed by atoms with Gasteiger partial charge in [-0.25, -0.2) is 0 Å². The maximum Gasteiger partial charge on any atom is 0.252 e. The topological polar surface area (TPSA) is 101 Å². The van der Waals surface area contributed by atoms with E-state index >= 15 is 0 Å². The number of amides is 1. The van der Waals surface area contributed by atoms with Crippen LogP contribution in [0.25, 0.3) is 0 Å². The predicted molar refractivity (Wildman–Crippen MR) is 73.2 cm³/mol. The highest BCUT2D eigenvalue weighted by molar-refractivity contribution is 6.00. The van der Waals surface area contributed by atoms with Crippen LogP contribution in [0.5, 0.6) is 0 Å². The Balaban J connectivity index is 3.01. The quantitative estimate of drug-likeness (QED) is 0.324. The van der Waals surface area contributed by atoms with Crippen molar-refractivity contribution < 1.29 is 10.0 Å². The summed E-state index contributed by atoms with van der Waals surface area (Å²) < 4.78 is 0. The van der Waals surface area contributed by atoms with E-state index in [-0.39, 0.29) is 11.7 Å². The Labute approximate surface area is 112 Å². The summed E-state index contributed by atoms with van der Waals surface area (Å²) in [5.74, 6) is -0.252. The van der Waals surface area contributed by atoms with E-state index in [4.69, 9.17) is 10.9 Å². The van der Waals surface area contributed by atoms with Gasteiger partial charge in [0.1, 0.15) is 5.54 Å². The fourth-order valence-corrected chi connectivity index (χ4v) is 1.93. The van der Waals surface area contributed by atoms with Gasteiger partial charge in [0.05, 0.1) is 0 Å². The van der Waals surface area contributed by atoms with Crippen molar-refractivity contribution in [3.05, 3.63) is 29.6 Å². The second kappa shape index (κ2) is 6.17. The van der Waals surface area contributed by atoms with Crippen LogP contribution in [0.2, 0.25) is 0 Å². The molecule has 1 rings (SSSR count). The number of carbonyl (C=O) groups excluding carboxylic acids is 1. The first-order chi connectivity index (χ1) is 8.99. The lowest BCUT2D eigenvalue weighted by Crippen LogP contribution is -2.56. The van der Waals surface area contributed by atoms with Gasteiger partial charge in [-0.1, -0.05) is 19.0 Å². The summed E-state index contributed by atoms with van der Waals surface area (Å²) in [5.41, 5.74) is 6.14. The molecule has 4 N–H and O–H groups in total. The normalized spacial score (nSPS) is 12.3. The van der Waals surface area contributed by atoms with E-state index < -0.39 is 5.54 Å². The fourth-order valence-electron chi connectivity index (χ4n) is 1.93. The molecule has 6 heteroatoms. The standard InChI is InChI=1S/C13H20N4O2/c1-4-13(5-2,12(14)17-19)16-11(18)10-6-7-15-9(3)8-10/h6-8,19H,4-5H2,1-3H3,(H2,14,17)(H,16,18). The molecule has 0 atom stereocenters. The third-order valence-corrected chi connectivity index (χ3v) is 3.32. The fraction of sp³-hybridized carbons (Fsp3) is 0.462. The van der Waals surface area contributed by atoms with Crippen molar-refractivity contribution in [3.8, 4) is 0 Å². The van der Waals surface area contributed by atoms with Gasteiger partial charge >= 0.3 is 0 Å². The summed E-state index contributed by atoms with van der Waals surface area (Å²) in [7, 11) is 0. The number of hydrogen-bond acceptors (Lipinski definition) is 4. The molecular formula is C13H20N4O2. The highest BCUT2D eigenvalue weighted by atomic mass is 16.4. The van der Waals surface area contributed by atoms with Crippen molar-refractivity contribution in [2.24, 2.45) is 10.9 Å². The first-order valence-corrected chi connectivity index (χ1v) is 6.22. The van der Waals surface area contributed by atoms with E-state index in [0.717, 1.165) is 5.69 Å². The van der Waals surface area contributed by atoms with Gasteiger partial charge < -0.3 is 16.3 Å². The van der Waals surface area contributed by atoms with Crippen molar-refractivity contribution in [2.45, 2.75) is 39.2 Å². The summed E-state index contributed by atoms with van der Waals surface area (Å²) in [4.78, 5) is 16.3. The SMILES string of the molecule is CCC(CC)(NC(=O)c1ccnc(C)c1)/C(N)=N/O. The van der Waals surface area contributed by atoms with Crippen molar-refractivity contribution >= 4 is 11.7 Å². The number of rotatable bonds is 5. The summed E-state index contributed by atoms with van der Waals surface area (Å²) >= 11 is 0. The molecule has 6 nitrogen and oxygen atoms in total. The summed E-state index contributed by atoms with van der Waals surface area (Å²) in [5, 5.41) is 14.7. The highest BCUT2D eigenvalue weighted by Gasteiger charge is 2.33. The number of hydrogen-bond donors (Lipinski definition) is 3. The largest absolute Gasteiger partial charge is 0.409 e. The van der Waals surface area contributed by atoms with Crippen LogP contribution in [-0.4, -0.2) is 27.5 Å². The molecule has 0 aliphatic heterocycles. The molecule has 0 radical (unpaired) electrons. The lowest BCUT2D eigenvalue weighted by atomic mass is 9.91. The van der Waals surface area contributed by atoms with E-state index in [9.17, 15) is 4.79 Å². The molecular weight excluding hydrogens is 244 g/mol. The van der Waals surface area contributed by atoms with Gasteiger partial charge in [-0.2, -0.15) is 0 Å². The summed E-state index contributed by atoms with van der Waals surface area (Å²) in [6, 6.07) is 3.32. The minimum atomic E-state index is -0.830. The molecule has 0 aromatic carbocycles. The van der Waals surface area contributed by atoms with Crippen LogP contribution in [0.4, 0.5) is 0 Å². The molecule has 19 heavy (non-hydrogen) atoms.